The fraction of sp³-hybridized carbons (Fsp3) is 0.438. The molecule has 0 bridgehead atoms. The van der Waals surface area contributed by atoms with Crippen molar-refractivity contribution < 1.29 is 63.6 Å². The summed E-state index contributed by atoms with van der Waals surface area (Å²) in [5.41, 5.74) is 0.201. The fourth-order valence-electron chi connectivity index (χ4n) is 4.05. The van der Waals surface area contributed by atoms with Crippen molar-refractivity contribution in [3.63, 3.8) is 0 Å². The number of carbonyl (C=O) groups is 3. The van der Waals surface area contributed by atoms with E-state index >= 15 is 0 Å². The number of aromatic nitrogens is 2. The minimum Gasteiger partial charge on any atom is -1.00 e. The van der Waals surface area contributed by atoms with E-state index < -0.39 is 42.0 Å². The molecule has 3 aliphatic rings. The monoisotopic (exact) mass is 438 g/mol. The van der Waals surface area contributed by atoms with Gasteiger partial charge < -0.3 is 11.4 Å². The zero-order valence-electron chi connectivity index (χ0n) is 16.1. The van der Waals surface area contributed by atoms with Crippen LogP contribution in [0, 0.1) is 5.92 Å². The zero-order chi connectivity index (χ0) is 20.2. The van der Waals surface area contributed by atoms with Crippen LogP contribution in [0.4, 0.5) is 13.2 Å². The van der Waals surface area contributed by atoms with E-state index in [1.165, 1.54) is 24.2 Å². The van der Waals surface area contributed by atoms with E-state index in [-0.39, 0.29) is 55.4 Å². The quantitative estimate of drug-likeness (QED) is 0.252. The second kappa shape index (κ2) is 7.89. The van der Waals surface area contributed by atoms with E-state index in [0.717, 1.165) is 4.90 Å². The van der Waals surface area contributed by atoms with Gasteiger partial charge in [-0.25, -0.2) is 14.8 Å². The summed E-state index contributed by atoms with van der Waals surface area (Å²) >= 11 is 1.17. The largest absolute Gasteiger partial charge is 1.00 e. The number of carboxylic acid groups (broad SMARTS) is 1. The van der Waals surface area contributed by atoms with Crippen molar-refractivity contribution in [3.8, 4) is 0 Å². The van der Waals surface area contributed by atoms with Gasteiger partial charge in [0.2, 0.25) is 0 Å². The number of halogens is 3. The molecule has 0 aromatic carbocycles. The molecular weight excluding hydrogens is 424 g/mol. The average molecular weight is 438 g/mol. The Kier molecular flexibility index (Phi) is 6.01. The number of carboxylic acids is 1. The Morgan fingerprint density at radius 2 is 1.97 bits per heavy atom. The molecule has 4 heterocycles. The molecule has 2 saturated heterocycles. The Hall–Kier alpha value is -1.63. The normalized spacial score (nSPS) is 25.3. The molecule has 0 saturated carbocycles. The number of likely N-dealkylation sites (tertiary alicyclic amines) is 1. The number of β-lactam (4-membered cyclic amide) rings is 1. The predicted molar refractivity (Wildman–Crippen MR) is 88.8 cm³/mol. The molecule has 2 fully saturated rings. The fourth-order valence-corrected chi connectivity index (χ4v) is 4.88. The van der Waals surface area contributed by atoms with Crippen LogP contribution in [0.5, 0.6) is 0 Å². The molecule has 0 spiro atoms. The average Bonchev–Trinajstić information content (AvgIpc) is 3.00. The minimum absolute atomic E-state index is 0. The summed E-state index contributed by atoms with van der Waals surface area (Å²) in [6, 6.07) is -0.354. The Labute approximate surface area is 190 Å². The molecule has 4 rings (SSSR count). The van der Waals surface area contributed by atoms with Crippen LogP contribution in [0.3, 0.4) is 0 Å². The van der Waals surface area contributed by atoms with Crippen molar-refractivity contribution in [2.45, 2.75) is 29.8 Å². The van der Waals surface area contributed by atoms with Crippen LogP contribution in [0.2, 0.25) is 0 Å². The number of hydrogen-bond acceptors (Lipinski definition) is 6. The van der Waals surface area contributed by atoms with Crippen LogP contribution in [0.1, 0.15) is 7.85 Å². The summed E-state index contributed by atoms with van der Waals surface area (Å²) < 4.78 is 38.5. The number of nitrogens with zero attached hydrogens (tertiary/aromatic N) is 4. The second-order valence-electron chi connectivity index (χ2n) is 6.64. The van der Waals surface area contributed by atoms with Crippen molar-refractivity contribution in [1.29, 1.82) is 0 Å². The van der Waals surface area contributed by atoms with Crippen LogP contribution >= 0.6 is 11.8 Å². The number of rotatable bonds is 4. The molecule has 3 atom stereocenters. The number of hydrogen-bond donors (Lipinski definition) is 1. The van der Waals surface area contributed by atoms with Gasteiger partial charge in [0.1, 0.15) is 11.7 Å². The Morgan fingerprint density at radius 1 is 1.31 bits per heavy atom. The van der Waals surface area contributed by atoms with Gasteiger partial charge in [0, 0.05) is 30.6 Å². The van der Waals surface area contributed by atoms with Crippen molar-refractivity contribution in [2.75, 3.05) is 12.3 Å². The summed E-state index contributed by atoms with van der Waals surface area (Å²) in [5, 5.41) is 10.0. The molecule has 0 unspecified atom stereocenters. The van der Waals surface area contributed by atoms with E-state index in [4.69, 9.17) is 0 Å². The molecule has 1 N–H and O–H groups in total. The molecule has 13 heteroatoms. The molecule has 150 valence electrons. The number of carbonyl (C=O) groups excluding carboxylic acids is 2. The van der Waals surface area contributed by atoms with Gasteiger partial charge in [-0.1, -0.05) is 11.8 Å². The van der Waals surface area contributed by atoms with E-state index in [0.29, 0.717) is 15.6 Å². The van der Waals surface area contributed by atoms with Gasteiger partial charge in [-0.2, -0.15) is 13.2 Å². The molecule has 8 nitrogen and oxygen atoms in total. The number of thioether (sulfide) groups is 1. The molecule has 2 amide bonds. The van der Waals surface area contributed by atoms with E-state index in [9.17, 15) is 32.7 Å². The first kappa shape index (κ1) is 22.1. The summed E-state index contributed by atoms with van der Waals surface area (Å²) in [5.74, 6) is -4.44. The zero-order valence-corrected chi connectivity index (χ0v) is 17.9. The summed E-state index contributed by atoms with van der Waals surface area (Å²) in [6.45, 7) is -0.237. The smallest absolute Gasteiger partial charge is 1.00 e. The van der Waals surface area contributed by atoms with Gasteiger partial charge in [0.05, 0.1) is 6.04 Å². The topological polar surface area (TPSA) is 104 Å². The van der Waals surface area contributed by atoms with Gasteiger partial charge in [-0.15, -0.1) is 0 Å². The predicted octanol–water partition coefficient (Wildman–Crippen LogP) is -1.97. The van der Waals surface area contributed by atoms with Gasteiger partial charge in [-0.3, -0.25) is 14.5 Å². The maximum Gasteiger partial charge on any atom is 1.00 e. The van der Waals surface area contributed by atoms with Crippen LogP contribution in [-0.2, 0) is 14.4 Å². The van der Waals surface area contributed by atoms with Crippen molar-refractivity contribution >= 4 is 29.5 Å². The van der Waals surface area contributed by atoms with Gasteiger partial charge >= 0.3 is 47.6 Å². The van der Waals surface area contributed by atoms with Crippen LogP contribution in [0.15, 0.2) is 34.9 Å². The molecule has 1 aromatic rings. The van der Waals surface area contributed by atoms with Crippen LogP contribution in [-0.4, -0.2) is 73.2 Å². The standard InChI is InChI=1S/C16H13F3N4O4S.Na.H/c17-16(18,19)14(27)22-5-7-4-8(6-28-15-20-2-1-3-21-15)10(13(25)26)23-9(7)11(22)12(23)24;;/h1-3,7,9,11H,4-6H2,(H,25,26);;/q;+1;-1/t7-,9-,11+;;/m1../s1. The molecular formula is C16H14F3N4NaO4S. The Bertz CT molecular complexity index is 904. The van der Waals surface area contributed by atoms with E-state index in [1.54, 1.807) is 6.07 Å². The van der Waals surface area contributed by atoms with Crippen molar-refractivity contribution in [1.82, 2.24) is 19.8 Å². The van der Waals surface area contributed by atoms with Gasteiger partial charge in [0.15, 0.2) is 5.16 Å². The van der Waals surface area contributed by atoms with E-state index in [1.807, 2.05) is 0 Å². The number of aliphatic carboxylic acids is 1. The minimum atomic E-state index is -5.08. The molecule has 29 heavy (non-hydrogen) atoms. The van der Waals surface area contributed by atoms with Crippen molar-refractivity contribution in [2.24, 2.45) is 5.92 Å². The number of alkyl halides is 3. The SMILES string of the molecule is O=C(O)C1=C(CSc2ncccn2)C[C@@H]2CN(C(=O)C(F)(F)F)[C@@H]3C(=O)N1[C@H]23.[H-].[Na+]. The third-order valence-corrected chi connectivity index (χ3v) is 6.03. The summed E-state index contributed by atoms with van der Waals surface area (Å²) in [7, 11) is 0. The molecule has 1 aromatic heterocycles. The molecule has 0 radical (unpaired) electrons. The molecule has 0 aliphatic carbocycles. The summed E-state index contributed by atoms with van der Waals surface area (Å²) in [4.78, 5) is 45.5. The van der Waals surface area contributed by atoms with Gasteiger partial charge in [-0.05, 0) is 18.1 Å². The molecule has 3 aliphatic heterocycles. The van der Waals surface area contributed by atoms with Crippen LogP contribution < -0.4 is 29.6 Å². The maximum atomic E-state index is 12.8. The second-order valence-corrected chi connectivity index (χ2v) is 7.58. The first-order valence-electron chi connectivity index (χ1n) is 8.26. The Morgan fingerprint density at radius 3 is 2.55 bits per heavy atom. The third kappa shape index (κ3) is 3.66. The van der Waals surface area contributed by atoms with Gasteiger partial charge in [0.25, 0.3) is 5.91 Å². The van der Waals surface area contributed by atoms with Crippen molar-refractivity contribution in [3.05, 3.63) is 29.7 Å². The summed E-state index contributed by atoms with van der Waals surface area (Å²) in [6.07, 6.45) is -1.84. The third-order valence-electron chi connectivity index (χ3n) is 5.07. The van der Waals surface area contributed by atoms with Crippen LogP contribution in [0.25, 0.3) is 0 Å². The maximum absolute atomic E-state index is 12.8. The van der Waals surface area contributed by atoms with E-state index in [2.05, 4.69) is 9.97 Å². The Balaban J connectivity index is 0.00000160. The first-order valence-corrected chi connectivity index (χ1v) is 9.24. The number of amides is 2. The first-order chi connectivity index (χ1) is 13.2.